The van der Waals surface area contributed by atoms with E-state index in [-0.39, 0.29) is 35.9 Å². The van der Waals surface area contributed by atoms with Crippen LogP contribution in [0.2, 0.25) is 5.02 Å². The van der Waals surface area contributed by atoms with E-state index in [9.17, 15) is 4.79 Å². The van der Waals surface area contributed by atoms with Crippen molar-refractivity contribution in [1.29, 1.82) is 0 Å². The van der Waals surface area contributed by atoms with Gasteiger partial charge in [-0.15, -0.1) is 24.0 Å². The van der Waals surface area contributed by atoms with Crippen LogP contribution in [0.4, 0.5) is 0 Å². The molecule has 0 aliphatic carbocycles. The van der Waals surface area contributed by atoms with Crippen LogP contribution in [0.5, 0.6) is 0 Å². The van der Waals surface area contributed by atoms with Gasteiger partial charge in [-0.05, 0) is 43.5 Å². The van der Waals surface area contributed by atoms with E-state index < -0.39 is 0 Å². The molecule has 27 heavy (non-hydrogen) atoms. The predicted octanol–water partition coefficient (Wildman–Crippen LogP) is 2.57. The van der Waals surface area contributed by atoms with Gasteiger partial charge in [0.2, 0.25) is 5.91 Å². The Kier molecular flexibility index (Phi) is 11.0. The Morgan fingerprint density at radius 1 is 1.30 bits per heavy atom. The molecule has 1 amide bonds. The van der Waals surface area contributed by atoms with Crippen molar-refractivity contribution in [3.8, 4) is 0 Å². The van der Waals surface area contributed by atoms with E-state index in [0.29, 0.717) is 6.54 Å². The van der Waals surface area contributed by atoms with Gasteiger partial charge in [-0.1, -0.05) is 23.7 Å². The Morgan fingerprint density at radius 3 is 2.63 bits per heavy atom. The third kappa shape index (κ3) is 7.83. The summed E-state index contributed by atoms with van der Waals surface area (Å²) in [6.45, 7) is 3.45. The first-order valence-electron chi connectivity index (χ1n) is 9.15. The van der Waals surface area contributed by atoms with Gasteiger partial charge < -0.3 is 15.5 Å². The smallest absolute Gasteiger partial charge is 0.239 e. The fourth-order valence-corrected chi connectivity index (χ4v) is 3.30. The van der Waals surface area contributed by atoms with Crippen LogP contribution in [-0.4, -0.2) is 68.5 Å². The first-order valence-corrected chi connectivity index (χ1v) is 9.53. The van der Waals surface area contributed by atoms with E-state index in [1.807, 2.05) is 38.4 Å². The van der Waals surface area contributed by atoms with E-state index in [0.717, 1.165) is 55.4 Å². The molecular formula is C19H31ClIN5O. The number of rotatable bonds is 7. The second-order valence-electron chi connectivity index (χ2n) is 6.76. The van der Waals surface area contributed by atoms with Crippen LogP contribution < -0.4 is 10.6 Å². The number of hydrogen-bond donors (Lipinski definition) is 2. The van der Waals surface area contributed by atoms with Gasteiger partial charge in [0.25, 0.3) is 0 Å². The van der Waals surface area contributed by atoms with E-state index in [4.69, 9.17) is 11.6 Å². The number of hydrogen-bond acceptors (Lipinski definition) is 3. The Bertz CT molecular complexity index is 609. The first kappa shape index (κ1) is 24.0. The first-order chi connectivity index (χ1) is 12.5. The van der Waals surface area contributed by atoms with Crippen LogP contribution in [0, 0.1) is 0 Å². The summed E-state index contributed by atoms with van der Waals surface area (Å²) in [6.07, 6.45) is 3.04. The summed E-state index contributed by atoms with van der Waals surface area (Å²) in [4.78, 5) is 20.5. The van der Waals surface area contributed by atoms with Crippen molar-refractivity contribution in [3.63, 3.8) is 0 Å². The maximum atomic E-state index is 12.2. The van der Waals surface area contributed by atoms with Crippen molar-refractivity contribution in [2.75, 3.05) is 40.8 Å². The molecule has 1 aromatic rings. The van der Waals surface area contributed by atoms with E-state index in [2.05, 4.69) is 20.5 Å². The third-order valence-electron chi connectivity index (χ3n) is 4.60. The second kappa shape index (κ2) is 12.4. The van der Waals surface area contributed by atoms with Crippen LogP contribution in [-0.2, 0) is 11.3 Å². The lowest BCUT2D eigenvalue weighted by atomic mass is 10.2. The molecule has 2 N–H and O–H groups in total. The molecular weight excluding hydrogens is 477 g/mol. The number of carbonyl (C=O) groups is 1. The molecule has 1 heterocycles. The molecule has 0 radical (unpaired) electrons. The molecule has 1 fully saturated rings. The van der Waals surface area contributed by atoms with E-state index >= 15 is 0 Å². The fraction of sp³-hybridized carbons (Fsp3) is 0.579. The molecule has 8 heteroatoms. The minimum atomic E-state index is 0. The number of likely N-dealkylation sites (tertiary alicyclic amines) is 1. The van der Waals surface area contributed by atoms with Gasteiger partial charge in [0.1, 0.15) is 0 Å². The van der Waals surface area contributed by atoms with Crippen LogP contribution in [0.1, 0.15) is 24.8 Å². The molecule has 0 spiro atoms. The van der Waals surface area contributed by atoms with Crippen molar-refractivity contribution in [2.45, 2.75) is 31.8 Å². The number of nitrogens with zero attached hydrogens (tertiary/aromatic N) is 3. The normalized spacial score (nSPS) is 17.3. The molecule has 2 rings (SSSR count). The molecule has 6 nitrogen and oxygen atoms in total. The lowest BCUT2D eigenvalue weighted by Gasteiger charge is -2.26. The Morgan fingerprint density at radius 2 is 2.00 bits per heavy atom. The molecule has 0 saturated carbocycles. The maximum absolute atomic E-state index is 12.2. The Balaban J connectivity index is 0.00000364. The predicted molar refractivity (Wildman–Crippen MR) is 123 cm³/mol. The number of guanidine groups is 1. The van der Waals surface area contributed by atoms with Gasteiger partial charge in [0.05, 0.1) is 6.04 Å². The molecule has 0 bridgehead atoms. The van der Waals surface area contributed by atoms with Gasteiger partial charge in [0.15, 0.2) is 5.96 Å². The average molecular weight is 508 g/mol. The van der Waals surface area contributed by atoms with Crippen LogP contribution in [0.3, 0.4) is 0 Å². The zero-order valence-electron chi connectivity index (χ0n) is 16.4. The van der Waals surface area contributed by atoms with Crippen molar-refractivity contribution in [3.05, 3.63) is 34.9 Å². The van der Waals surface area contributed by atoms with Crippen molar-refractivity contribution < 1.29 is 4.79 Å². The highest BCUT2D eigenvalue weighted by Crippen LogP contribution is 2.18. The number of carbonyl (C=O) groups excluding carboxylic acids is 1. The molecule has 1 aliphatic heterocycles. The number of aliphatic imine (C=N–C) groups is 1. The lowest BCUT2D eigenvalue weighted by Crippen LogP contribution is -2.44. The van der Waals surface area contributed by atoms with E-state index in [1.54, 1.807) is 11.9 Å². The lowest BCUT2D eigenvalue weighted by molar-refractivity contribution is -0.133. The largest absolute Gasteiger partial charge is 0.356 e. The summed E-state index contributed by atoms with van der Waals surface area (Å²) < 4.78 is 0. The summed E-state index contributed by atoms with van der Waals surface area (Å²) >= 11 is 5.90. The van der Waals surface area contributed by atoms with Gasteiger partial charge in [-0.3, -0.25) is 14.7 Å². The monoisotopic (exact) mass is 507 g/mol. The Labute approximate surface area is 184 Å². The average Bonchev–Trinajstić information content (AvgIpc) is 3.10. The van der Waals surface area contributed by atoms with Gasteiger partial charge in [0, 0.05) is 45.8 Å². The minimum Gasteiger partial charge on any atom is -0.356 e. The molecule has 1 unspecified atom stereocenters. The highest BCUT2D eigenvalue weighted by atomic mass is 127. The highest BCUT2D eigenvalue weighted by Gasteiger charge is 2.30. The maximum Gasteiger partial charge on any atom is 0.239 e. The second-order valence-corrected chi connectivity index (χ2v) is 7.20. The van der Waals surface area contributed by atoms with Gasteiger partial charge in [-0.2, -0.15) is 0 Å². The standard InChI is InChI=1S/C19H30ClN5O.HI/c1-21-19(23-14-15-7-9-16(20)10-8-15)22-11-5-13-25-12-4-6-17(25)18(26)24(2)3;/h7-10,17H,4-6,11-14H2,1-3H3,(H2,21,22,23);1H. The van der Waals surface area contributed by atoms with Crippen molar-refractivity contribution >= 4 is 47.4 Å². The SMILES string of the molecule is CN=C(NCCCN1CCCC1C(=O)N(C)C)NCc1ccc(Cl)cc1.I. The number of halogens is 2. The fourth-order valence-electron chi connectivity index (χ4n) is 3.17. The number of amides is 1. The van der Waals surface area contributed by atoms with Crippen molar-refractivity contribution in [1.82, 2.24) is 20.4 Å². The van der Waals surface area contributed by atoms with Crippen molar-refractivity contribution in [2.24, 2.45) is 4.99 Å². The Hall–Kier alpha value is -1.06. The summed E-state index contributed by atoms with van der Waals surface area (Å²) in [6, 6.07) is 7.81. The number of likely N-dealkylation sites (N-methyl/N-ethyl adjacent to an activating group) is 1. The molecule has 152 valence electrons. The summed E-state index contributed by atoms with van der Waals surface area (Å²) in [7, 11) is 5.43. The zero-order valence-corrected chi connectivity index (χ0v) is 19.5. The van der Waals surface area contributed by atoms with Crippen LogP contribution in [0.15, 0.2) is 29.3 Å². The topological polar surface area (TPSA) is 60.0 Å². The third-order valence-corrected chi connectivity index (χ3v) is 4.85. The minimum absolute atomic E-state index is 0. The van der Waals surface area contributed by atoms with Crippen LogP contribution in [0.25, 0.3) is 0 Å². The van der Waals surface area contributed by atoms with Gasteiger partial charge >= 0.3 is 0 Å². The molecule has 1 saturated heterocycles. The molecule has 0 aromatic heterocycles. The quantitative estimate of drug-likeness (QED) is 0.258. The van der Waals surface area contributed by atoms with Crippen LogP contribution >= 0.6 is 35.6 Å². The molecule has 1 atom stereocenters. The molecule has 1 aliphatic rings. The zero-order chi connectivity index (χ0) is 18.9. The summed E-state index contributed by atoms with van der Waals surface area (Å²) in [5.74, 6) is 0.998. The number of benzene rings is 1. The van der Waals surface area contributed by atoms with Gasteiger partial charge in [-0.25, -0.2) is 0 Å². The highest BCUT2D eigenvalue weighted by molar-refractivity contribution is 14.0. The summed E-state index contributed by atoms with van der Waals surface area (Å²) in [5, 5.41) is 7.37. The summed E-state index contributed by atoms with van der Waals surface area (Å²) in [5.41, 5.74) is 1.15. The molecule has 1 aromatic carbocycles. The number of nitrogens with one attached hydrogen (secondary N) is 2. The van der Waals surface area contributed by atoms with E-state index in [1.165, 1.54) is 0 Å².